The second kappa shape index (κ2) is 7.74. The Morgan fingerprint density at radius 2 is 1.85 bits per heavy atom. The van der Waals surface area contributed by atoms with Crippen molar-refractivity contribution in [2.75, 3.05) is 13.1 Å². The molecule has 4 rings (SSSR count). The number of piperidine rings is 1. The number of hydrogen-bond donors (Lipinski definition) is 0. The number of thiazole rings is 1. The Morgan fingerprint density at radius 3 is 2.52 bits per heavy atom. The Balaban J connectivity index is 1.43. The molecule has 0 radical (unpaired) electrons. The molecular weight excluding hydrogens is 376 g/mol. The van der Waals surface area contributed by atoms with Crippen LogP contribution in [0.2, 0.25) is 0 Å². The van der Waals surface area contributed by atoms with Gasteiger partial charge in [0.15, 0.2) is 5.78 Å². The van der Waals surface area contributed by atoms with Gasteiger partial charge in [0.1, 0.15) is 9.88 Å². The number of hydrogen-bond acceptors (Lipinski definition) is 5. The third kappa shape index (κ3) is 3.73. The van der Waals surface area contributed by atoms with Crippen molar-refractivity contribution in [3.63, 3.8) is 0 Å². The fraction of sp³-hybridized carbons (Fsp3) is 0.286. The first kappa shape index (κ1) is 18.1. The highest BCUT2D eigenvalue weighted by Crippen LogP contribution is 2.31. The quantitative estimate of drug-likeness (QED) is 0.589. The first-order chi connectivity index (χ1) is 13.1. The smallest absolute Gasteiger partial charge is 0.265 e. The molecule has 27 heavy (non-hydrogen) atoms. The van der Waals surface area contributed by atoms with E-state index in [-0.39, 0.29) is 17.6 Å². The molecule has 0 aliphatic carbocycles. The lowest BCUT2D eigenvalue weighted by Crippen LogP contribution is -2.40. The first-order valence-electron chi connectivity index (χ1n) is 9.02. The number of benzene rings is 1. The summed E-state index contributed by atoms with van der Waals surface area (Å²) in [4.78, 5) is 32.7. The maximum absolute atomic E-state index is 13.0. The lowest BCUT2D eigenvalue weighted by molar-refractivity contribution is 0.0653. The first-order valence-corrected chi connectivity index (χ1v) is 10.8. The van der Waals surface area contributed by atoms with Crippen molar-refractivity contribution in [1.29, 1.82) is 0 Å². The van der Waals surface area contributed by atoms with Crippen molar-refractivity contribution in [3.8, 4) is 10.6 Å². The van der Waals surface area contributed by atoms with E-state index in [0.29, 0.717) is 30.8 Å². The van der Waals surface area contributed by atoms with E-state index in [1.54, 1.807) is 11.3 Å². The highest BCUT2D eigenvalue weighted by Gasteiger charge is 2.30. The molecule has 1 saturated heterocycles. The van der Waals surface area contributed by atoms with Crippen LogP contribution < -0.4 is 0 Å². The molecule has 3 heterocycles. The van der Waals surface area contributed by atoms with E-state index >= 15 is 0 Å². The van der Waals surface area contributed by atoms with E-state index < -0.39 is 0 Å². The monoisotopic (exact) mass is 396 g/mol. The van der Waals surface area contributed by atoms with Crippen LogP contribution in [0.1, 0.15) is 38.6 Å². The summed E-state index contributed by atoms with van der Waals surface area (Å²) < 4.78 is 0. The molecule has 0 unspecified atom stereocenters. The second-order valence-electron chi connectivity index (χ2n) is 6.74. The van der Waals surface area contributed by atoms with Crippen LogP contribution >= 0.6 is 22.7 Å². The number of aryl methyl sites for hydroxylation is 1. The number of rotatable bonds is 4. The number of Topliss-reactive ketones (excluding diaryl/α,β-unsaturated/α-hetero) is 1. The average molecular weight is 397 g/mol. The lowest BCUT2D eigenvalue weighted by Gasteiger charge is -2.31. The Labute approximate surface area is 166 Å². The third-order valence-corrected chi connectivity index (χ3v) is 6.85. The molecule has 0 bridgehead atoms. The average Bonchev–Trinajstić information content (AvgIpc) is 3.37. The van der Waals surface area contributed by atoms with Gasteiger partial charge in [-0.15, -0.1) is 11.3 Å². The molecule has 138 valence electrons. The summed E-state index contributed by atoms with van der Waals surface area (Å²) in [6.45, 7) is 3.13. The highest BCUT2D eigenvalue weighted by molar-refractivity contribution is 7.17. The second-order valence-corrected chi connectivity index (χ2v) is 8.52. The van der Waals surface area contributed by atoms with E-state index in [9.17, 15) is 9.59 Å². The van der Waals surface area contributed by atoms with Gasteiger partial charge in [-0.1, -0.05) is 30.3 Å². The number of ketones is 1. The van der Waals surface area contributed by atoms with Crippen molar-refractivity contribution in [1.82, 2.24) is 9.88 Å². The molecule has 1 amide bonds. The van der Waals surface area contributed by atoms with Gasteiger partial charge in [0.25, 0.3) is 5.91 Å². The van der Waals surface area contributed by atoms with Crippen LogP contribution in [0, 0.1) is 12.8 Å². The van der Waals surface area contributed by atoms with Crippen LogP contribution in [0.25, 0.3) is 10.6 Å². The predicted octanol–water partition coefficient (Wildman–Crippen LogP) is 4.92. The molecule has 4 nitrogen and oxygen atoms in total. The fourth-order valence-electron chi connectivity index (χ4n) is 3.43. The molecule has 0 spiro atoms. The summed E-state index contributed by atoms with van der Waals surface area (Å²) in [5.74, 6) is 0.230. The number of carbonyl (C=O) groups excluding carboxylic acids is 2. The Kier molecular flexibility index (Phi) is 5.18. The van der Waals surface area contributed by atoms with Crippen molar-refractivity contribution < 1.29 is 9.59 Å². The standard InChI is InChI=1S/C21H20N2O2S2/c1-14-19(27-20(22-14)17-9-12-26-13-17)21(25)23-10-7-16(8-11-23)18(24)15-5-3-2-4-6-15/h2-6,9,12-13,16H,7-8,10-11H2,1H3. The number of amides is 1. The predicted molar refractivity (Wildman–Crippen MR) is 110 cm³/mol. The van der Waals surface area contributed by atoms with Crippen molar-refractivity contribution >= 4 is 34.4 Å². The topological polar surface area (TPSA) is 50.3 Å². The van der Waals surface area contributed by atoms with Gasteiger partial charge in [-0.3, -0.25) is 9.59 Å². The molecule has 0 N–H and O–H groups in total. The van der Waals surface area contributed by atoms with E-state index in [0.717, 1.165) is 21.8 Å². The lowest BCUT2D eigenvalue weighted by atomic mass is 9.89. The van der Waals surface area contributed by atoms with Gasteiger partial charge < -0.3 is 4.90 Å². The van der Waals surface area contributed by atoms with Crippen LogP contribution in [0.3, 0.4) is 0 Å². The van der Waals surface area contributed by atoms with Gasteiger partial charge in [-0.25, -0.2) is 4.98 Å². The Hall–Kier alpha value is -2.31. The molecule has 1 aliphatic rings. The SMILES string of the molecule is Cc1nc(-c2ccsc2)sc1C(=O)N1CCC(C(=O)c2ccccc2)CC1. The fourth-order valence-corrected chi connectivity index (χ4v) is 5.18. The molecule has 6 heteroatoms. The number of thiophene rings is 1. The minimum Gasteiger partial charge on any atom is -0.338 e. The van der Waals surface area contributed by atoms with Crippen LogP contribution in [0.15, 0.2) is 47.2 Å². The summed E-state index contributed by atoms with van der Waals surface area (Å²) >= 11 is 3.09. The molecule has 1 aliphatic heterocycles. The zero-order valence-electron chi connectivity index (χ0n) is 15.1. The number of nitrogens with zero attached hydrogens (tertiary/aromatic N) is 2. The summed E-state index contributed by atoms with van der Waals surface area (Å²) in [5.41, 5.74) is 2.62. The number of carbonyl (C=O) groups is 2. The summed E-state index contributed by atoms with van der Waals surface area (Å²) in [6, 6.07) is 11.5. The van der Waals surface area contributed by atoms with Gasteiger partial charge in [0.2, 0.25) is 0 Å². The van der Waals surface area contributed by atoms with Gasteiger partial charge in [-0.05, 0) is 31.2 Å². The normalized spacial score (nSPS) is 15.1. The molecule has 3 aromatic rings. The van der Waals surface area contributed by atoms with E-state index in [2.05, 4.69) is 4.98 Å². The van der Waals surface area contributed by atoms with Crippen LogP contribution in [-0.4, -0.2) is 34.7 Å². The van der Waals surface area contributed by atoms with E-state index in [1.807, 2.05) is 59.0 Å². The summed E-state index contributed by atoms with van der Waals surface area (Å²) in [7, 11) is 0. The Morgan fingerprint density at radius 1 is 1.11 bits per heavy atom. The van der Waals surface area contributed by atoms with Gasteiger partial charge >= 0.3 is 0 Å². The third-order valence-electron chi connectivity index (χ3n) is 4.97. The number of likely N-dealkylation sites (tertiary alicyclic amines) is 1. The van der Waals surface area contributed by atoms with Gasteiger partial charge in [0, 0.05) is 35.5 Å². The molecule has 1 aromatic carbocycles. The minimum absolute atomic E-state index is 0.000347. The highest BCUT2D eigenvalue weighted by atomic mass is 32.1. The van der Waals surface area contributed by atoms with Crippen LogP contribution in [0.4, 0.5) is 0 Å². The largest absolute Gasteiger partial charge is 0.338 e. The maximum atomic E-state index is 13.0. The molecule has 0 atom stereocenters. The molecule has 2 aromatic heterocycles. The molecule has 1 fully saturated rings. The van der Waals surface area contributed by atoms with Gasteiger partial charge in [-0.2, -0.15) is 11.3 Å². The Bertz CT molecular complexity index is 940. The summed E-state index contributed by atoms with van der Waals surface area (Å²) in [6.07, 6.45) is 1.43. The maximum Gasteiger partial charge on any atom is 0.265 e. The molecular formula is C21H20N2O2S2. The summed E-state index contributed by atoms with van der Waals surface area (Å²) in [5, 5.41) is 4.96. The zero-order chi connectivity index (χ0) is 18.8. The van der Waals surface area contributed by atoms with Crippen molar-refractivity contribution in [2.45, 2.75) is 19.8 Å². The number of aromatic nitrogens is 1. The van der Waals surface area contributed by atoms with Gasteiger partial charge in [0.05, 0.1) is 5.69 Å². The molecule has 0 saturated carbocycles. The van der Waals surface area contributed by atoms with Crippen LogP contribution in [0.5, 0.6) is 0 Å². The van der Waals surface area contributed by atoms with Crippen molar-refractivity contribution in [3.05, 3.63) is 63.3 Å². The van der Waals surface area contributed by atoms with Crippen LogP contribution in [-0.2, 0) is 0 Å². The van der Waals surface area contributed by atoms with E-state index in [1.165, 1.54) is 11.3 Å². The minimum atomic E-state index is 0.000347. The van der Waals surface area contributed by atoms with Crippen molar-refractivity contribution in [2.24, 2.45) is 5.92 Å². The van der Waals surface area contributed by atoms with E-state index in [4.69, 9.17) is 0 Å². The zero-order valence-corrected chi connectivity index (χ0v) is 16.7.